The van der Waals surface area contributed by atoms with Crippen molar-refractivity contribution in [1.29, 1.82) is 0 Å². The first-order valence-corrected chi connectivity index (χ1v) is 5.41. The van der Waals surface area contributed by atoms with Crippen molar-refractivity contribution in [3.8, 4) is 0 Å². The van der Waals surface area contributed by atoms with E-state index in [0.717, 1.165) is 0 Å². The summed E-state index contributed by atoms with van der Waals surface area (Å²) in [4.78, 5) is 0.198. The van der Waals surface area contributed by atoms with E-state index in [1.165, 1.54) is 12.1 Å². The second-order valence-electron chi connectivity index (χ2n) is 2.91. The van der Waals surface area contributed by atoms with E-state index >= 15 is 0 Å². The average molecular weight is 240 g/mol. The molecule has 0 unspecified atom stereocenters. The summed E-state index contributed by atoms with van der Waals surface area (Å²) >= 11 is 0. The summed E-state index contributed by atoms with van der Waals surface area (Å²) in [7, 11) is -3.56. The van der Waals surface area contributed by atoms with E-state index in [-0.39, 0.29) is 48.7 Å². The average Bonchev–Trinajstić information content (AvgIpc) is 2.04. The maximum atomic E-state index is 11.4. The van der Waals surface area contributed by atoms with Crippen LogP contribution in [0, 0.1) is 0 Å². The Balaban J connectivity index is 0.00000169. The molecule has 0 aliphatic carbocycles. The van der Waals surface area contributed by atoms with E-state index < -0.39 is 10.1 Å². The molecule has 0 saturated heterocycles. The summed E-state index contributed by atoms with van der Waals surface area (Å²) in [5, 5.41) is 0. The van der Waals surface area contributed by atoms with Crippen LogP contribution in [0.25, 0.3) is 0 Å². The molecule has 1 aromatic carbocycles. The summed E-state index contributed by atoms with van der Waals surface area (Å²) < 4.78 is 27.6. The van der Waals surface area contributed by atoms with Crippen LogP contribution >= 0.6 is 0 Å². The van der Waals surface area contributed by atoms with Gasteiger partial charge in [0.1, 0.15) is 0 Å². The van der Waals surface area contributed by atoms with Crippen molar-refractivity contribution in [3.63, 3.8) is 0 Å². The topological polar surface area (TPSA) is 43.4 Å². The van der Waals surface area contributed by atoms with Crippen LogP contribution in [-0.2, 0) is 14.3 Å². The van der Waals surface area contributed by atoms with Gasteiger partial charge in [-0.25, -0.2) is 0 Å². The van der Waals surface area contributed by atoms with Crippen molar-refractivity contribution >= 4 is 47.9 Å². The molecule has 3 nitrogen and oxygen atoms in total. The summed E-state index contributed by atoms with van der Waals surface area (Å²) in [6.07, 6.45) is -0.329. The van der Waals surface area contributed by atoms with Gasteiger partial charge >= 0.3 is 0 Å². The Kier molecular flexibility index (Phi) is 6.25. The smallest absolute Gasteiger partial charge is 0.264 e. The molecule has 0 aliphatic heterocycles. The fourth-order valence-electron chi connectivity index (χ4n) is 0.896. The summed E-state index contributed by atoms with van der Waals surface area (Å²) in [5.74, 6) is 0. The van der Waals surface area contributed by atoms with Crippen LogP contribution in [0.15, 0.2) is 35.2 Å². The van der Waals surface area contributed by atoms with E-state index in [4.69, 9.17) is 4.18 Å². The second kappa shape index (κ2) is 6.08. The Morgan fingerprint density at radius 3 is 2.07 bits per heavy atom. The van der Waals surface area contributed by atoms with Gasteiger partial charge in [0.05, 0.1) is 11.0 Å². The van der Waals surface area contributed by atoms with Crippen molar-refractivity contribution in [2.75, 3.05) is 0 Å². The molecular formula is C9H12CaO3S. The van der Waals surface area contributed by atoms with E-state index in [0.29, 0.717) is 0 Å². The van der Waals surface area contributed by atoms with Gasteiger partial charge in [-0.3, -0.25) is 4.18 Å². The summed E-state index contributed by atoms with van der Waals surface area (Å²) in [6.45, 7) is 3.36. The van der Waals surface area contributed by atoms with Crippen LogP contribution in [0.5, 0.6) is 0 Å². The Hall–Kier alpha value is 0.390. The quantitative estimate of drug-likeness (QED) is 0.593. The zero-order chi connectivity index (χ0) is 9.90. The Morgan fingerprint density at radius 1 is 1.14 bits per heavy atom. The third-order valence-electron chi connectivity index (χ3n) is 1.35. The van der Waals surface area contributed by atoms with Gasteiger partial charge in [-0.1, -0.05) is 18.2 Å². The van der Waals surface area contributed by atoms with Gasteiger partial charge in [0.25, 0.3) is 10.1 Å². The van der Waals surface area contributed by atoms with Crippen molar-refractivity contribution < 1.29 is 12.6 Å². The van der Waals surface area contributed by atoms with Crippen LogP contribution in [0.1, 0.15) is 13.8 Å². The first-order chi connectivity index (χ1) is 6.02. The van der Waals surface area contributed by atoms with Crippen molar-refractivity contribution in [2.24, 2.45) is 0 Å². The fraction of sp³-hybridized carbons (Fsp3) is 0.333. The standard InChI is InChI=1S/C9H12O3S.Ca/c1-8(2)12-13(10,11)9-6-4-3-5-7-9;/h3-8H,1-2H3;. The van der Waals surface area contributed by atoms with Crippen molar-refractivity contribution in [3.05, 3.63) is 30.3 Å². The Morgan fingerprint density at radius 2 is 1.64 bits per heavy atom. The largest absolute Gasteiger partial charge is 0.297 e. The number of rotatable bonds is 3. The first-order valence-electron chi connectivity index (χ1n) is 4.01. The minimum absolute atomic E-state index is 0. The molecule has 0 atom stereocenters. The SMILES string of the molecule is CC(C)OS(=O)(=O)c1ccccc1.[Ca]. The third kappa shape index (κ3) is 4.28. The van der Waals surface area contributed by atoms with Gasteiger partial charge in [0.2, 0.25) is 0 Å². The van der Waals surface area contributed by atoms with E-state index in [9.17, 15) is 8.42 Å². The van der Waals surface area contributed by atoms with Crippen LogP contribution in [0.2, 0.25) is 0 Å². The molecule has 2 radical (unpaired) electrons. The van der Waals surface area contributed by atoms with Crippen LogP contribution in [0.4, 0.5) is 0 Å². The molecule has 0 saturated carbocycles. The van der Waals surface area contributed by atoms with Crippen LogP contribution < -0.4 is 0 Å². The molecule has 0 aliphatic rings. The van der Waals surface area contributed by atoms with E-state index in [1.54, 1.807) is 32.0 Å². The molecule has 74 valence electrons. The predicted molar refractivity (Wildman–Crippen MR) is 55.6 cm³/mol. The van der Waals surface area contributed by atoms with E-state index in [2.05, 4.69) is 0 Å². The summed E-state index contributed by atoms with van der Waals surface area (Å²) in [6, 6.07) is 8.11. The minimum atomic E-state index is -3.56. The van der Waals surface area contributed by atoms with Gasteiger partial charge in [0, 0.05) is 37.7 Å². The Bertz CT molecular complexity index is 359. The molecular weight excluding hydrogens is 228 g/mol. The maximum absolute atomic E-state index is 11.4. The summed E-state index contributed by atoms with van der Waals surface area (Å²) in [5.41, 5.74) is 0. The normalized spacial score (nSPS) is 11.1. The first kappa shape index (κ1) is 14.4. The van der Waals surface area contributed by atoms with Crippen LogP contribution in [0.3, 0.4) is 0 Å². The van der Waals surface area contributed by atoms with Gasteiger partial charge in [0.15, 0.2) is 0 Å². The Labute approximate surface area is 115 Å². The zero-order valence-electron chi connectivity index (χ0n) is 8.30. The molecule has 1 aromatic rings. The third-order valence-corrected chi connectivity index (χ3v) is 2.84. The fourth-order valence-corrected chi connectivity index (χ4v) is 2.00. The van der Waals surface area contributed by atoms with Crippen LogP contribution in [-0.4, -0.2) is 52.3 Å². The van der Waals surface area contributed by atoms with Gasteiger partial charge < -0.3 is 0 Å². The molecule has 0 bridgehead atoms. The molecule has 0 aromatic heterocycles. The number of benzene rings is 1. The van der Waals surface area contributed by atoms with Gasteiger partial charge in [-0.05, 0) is 26.0 Å². The maximum Gasteiger partial charge on any atom is 0.297 e. The van der Waals surface area contributed by atoms with E-state index in [1.807, 2.05) is 0 Å². The molecule has 1 rings (SSSR count). The van der Waals surface area contributed by atoms with Gasteiger partial charge in [-0.15, -0.1) is 0 Å². The molecule has 14 heavy (non-hydrogen) atoms. The monoisotopic (exact) mass is 240 g/mol. The second-order valence-corrected chi connectivity index (χ2v) is 4.48. The molecule has 5 heteroatoms. The van der Waals surface area contributed by atoms with Crippen molar-refractivity contribution in [1.82, 2.24) is 0 Å². The minimum Gasteiger partial charge on any atom is -0.264 e. The molecule has 0 spiro atoms. The predicted octanol–water partition coefficient (Wildman–Crippen LogP) is 1.42. The number of hydrogen-bond acceptors (Lipinski definition) is 3. The molecule has 0 N–H and O–H groups in total. The zero-order valence-corrected chi connectivity index (χ0v) is 11.3. The molecule has 0 amide bonds. The molecule has 0 heterocycles. The molecule has 0 fully saturated rings. The van der Waals surface area contributed by atoms with Gasteiger partial charge in [-0.2, -0.15) is 8.42 Å². The van der Waals surface area contributed by atoms with Crippen molar-refractivity contribution in [2.45, 2.75) is 24.8 Å². The number of hydrogen-bond donors (Lipinski definition) is 0.